The summed E-state index contributed by atoms with van der Waals surface area (Å²) in [4.78, 5) is 13.8. The van der Waals surface area contributed by atoms with Gasteiger partial charge in [0.1, 0.15) is 18.8 Å². The molecule has 0 aromatic heterocycles. The lowest BCUT2D eigenvalue weighted by Crippen LogP contribution is -2.22. The van der Waals surface area contributed by atoms with Gasteiger partial charge in [0.15, 0.2) is 6.61 Å². The van der Waals surface area contributed by atoms with Crippen LogP contribution in [-0.4, -0.2) is 25.5 Å². The minimum Gasteiger partial charge on any atom is -0.484 e. The van der Waals surface area contributed by atoms with Crippen molar-refractivity contribution in [3.63, 3.8) is 0 Å². The highest BCUT2D eigenvalue weighted by Gasteiger charge is 2.33. The number of carbonyl (C=O) groups excluding carboxylic acids is 1. The van der Waals surface area contributed by atoms with E-state index in [-0.39, 0.29) is 12.3 Å². The predicted molar refractivity (Wildman–Crippen MR) is 96.0 cm³/mol. The van der Waals surface area contributed by atoms with Crippen LogP contribution >= 0.6 is 11.6 Å². The van der Waals surface area contributed by atoms with E-state index in [0.29, 0.717) is 12.4 Å². The van der Waals surface area contributed by atoms with E-state index in [1.165, 1.54) is 6.07 Å². The number of nitrogens with zero attached hydrogens (tertiary/aromatic N) is 2. The highest BCUT2D eigenvalue weighted by atomic mass is 35.5. The summed E-state index contributed by atoms with van der Waals surface area (Å²) in [6.07, 6.45) is -2.96. The lowest BCUT2D eigenvalue weighted by Gasteiger charge is -2.14. The van der Waals surface area contributed by atoms with Gasteiger partial charge >= 0.3 is 6.18 Å². The van der Waals surface area contributed by atoms with Crippen molar-refractivity contribution >= 4 is 35.2 Å². The molecule has 0 fully saturated rings. The minimum atomic E-state index is -4.61. The number of hydrogen-bond acceptors (Lipinski definition) is 5. The fraction of sp³-hybridized carbons (Fsp3) is 0.176. The molecule has 27 heavy (non-hydrogen) atoms. The van der Waals surface area contributed by atoms with E-state index < -0.39 is 22.7 Å². The van der Waals surface area contributed by atoms with Crippen molar-refractivity contribution in [1.29, 1.82) is 0 Å². The zero-order valence-electron chi connectivity index (χ0n) is 13.8. The average molecular weight is 399 g/mol. The molecular weight excluding hydrogens is 385 g/mol. The van der Waals surface area contributed by atoms with Crippen LogP contribution in [0.1, 0.15) is 5.56 Å². The summed E-state index contributed by atoms with van der Waals surface area (Å²) in [6.45, 7) is 0.208. The zero-order valence-corrected chi connectivity index (χ0v) is 14.5. The molecule has 0 saturated carbocycles. The van der Waals surface area contributed by atoms with Crippen LogP contribution in [0.25, 0.3) is 0 Å². The molecule has 1 aliphatic heterocycles. The average Bonchev–Trinajstić information content (AvgIpc) is 3.16. The number of amides is 1. The number of nitrogens with one attached hydrogen (secondary N) is 2. The Hall–Kier alpha value is -2.94. The van der Waals surface area contributed by atoms with E-state index in [1.54, 1.807) is 30.6 Å². The normalized spacial score (nSPS) is 13.4. The largest absolute Gasteiger partial charge is 0.484 e. The fourth-order valence-corrected chi connectivity index (χ4v) is 2.55. The lowest BCUT2D eigenvalue weighted by atomic mass is 10.2. The molecule has 1 amide bonds. The van der Waals surface area contributed by atoms with Crippen LogP contribution in [-0.2, 0) is 11.0 Å². The molecule has 2 N–H and O–H groups in total. The molecule has 142 valence electrons. The van der Waals surface area contributed by atoms with E-state index in [4.69, 9.17) is 16.3 Å². The molecule has 3 rings (SSSR count). The molecule has 6 nitrogen and oxygen atoms in total. The highest BCUT2D eigenvalue weighted by Crippen LogP contribution is 2.36. The van der Waals surface area contributed by atoms with Gasteiger partial charge in [-0.05, 0) is 42.5 Å². The first kappa shape index (κ1) is 18.8. The number of benzene rings is 2. The SMILES string of the molecule is O=C(COc1ccc(N2C=NNC2)cc1)Nc1ccc(Cl)c(C(F)(F)F)c1. The van der Waals surface area contributed by atoms with Crippen LogP contribution in [0.5, 0.6) is 5.75 Å². The molecular formula is C17H14ClF3N4O2. The third-order valence-electron chi connectivity index (χ3n) is 3.62. The quantitative estimate of drug-likeness (QED) is 0.806. The predicted octanol–water partition coefficient (Wildman–Crippen LogP) is 3.69. The van der Waals surface area contributed by atoms with E-state index in [2.05, 4.69) is 15.8 Å². The highest BCUT2D eigenvalue weighted by molar-refractivity contribution is 6.31. The Kier molecular flexibility index (Phi) is 5.41. The summed E-state index contributed by atoms with van der Waals surface area (Å²) in [5.41, 5.74) is 2.66. The van der Waals surface area contributed by atoms with Crippen LogP contribution < -0.4 is 20.4 Å². The van der Waals surface area contributed by atoms with Crippen LogP contribution in [0.2, 0.25) is 5.02 Å². The van der Waals surface area contributed by atoms with Crippen molar-refractivity contribution in [2.45, 2.75) is 6.18 Å². The van der Waals surface area contributed by atoms with Crippen LogP contribution in [0.3, 0.4) is 0 Å². The Balaban J connectivity index is 1.56. The van der Waals surface area contributed by atoms with Gasteiger partial charge in [0, 0.05) is 11.4 Å². The fourth-order valence-electron chi connectivity index (χ4n) is 2.33. The molecule has 0 atom stereocenters. The van der Waals surface area contributed by atoms with Crippen LogP contribution in [0, 0.1) is 0 Å². The number of hydrazone groups is 1. The third-order valence-corrected chi connectivity index (χ3v) is 3.95. The summed E-state index contributed by atoms with van der Waals surface area (Å²) < 4.78 is 43.9. The number of hydrogen-bond donors (Lipinski definition) is 2. The first-order valence-corrected chi connectivity index (χ1v) is 8.13. The van der Waals surface area contributed by atoms with Gasteiger partial charge in [-0.2, -0.15) is 18.3 Å². The maximum absolute atomic E-state index is 12.8. The van der Waals surface area contributed by atoms with E-state index in [9.17, 15) is 18.0 Å². The molecule has 1 aliphatic rings. The van der Waals surface area contributed by atoms with Gasteiger partial charge in [-0.25, -0.2) is 0 Å². The molecule has 0 saturated heterocycles. The van der Waals surface area contributed by atoms with Gasteiger partial charge < -0.3 is 15.0 Å². The molecule has 1 heterocycles. The summed E-state index contributed by atoms with van der Waals surface area (Å²) in [5.74, 6) is -0.143. The monoisotopic (exact) mass is 398 g/mol. The Labute approximate surface area is 157 Å². The van der Waals surface area contributed by atoms with E-state index in [1.807, 2.05) is 4.90 Å². The number of rotatable bonds is 5. The van der Waals surface area contributed by atoms with Gasteiger partial charge in [0.25, 0.3) is 5.91 Å². The molecule has 10 heteroatoms. The van der Waals surface area contributed by atoms with Gasteiger partial charge in [-0.3, -0.25) is 10.2 Å². The minimum absolute atomic E-state index is 0.0171. The number of ether oxygens (including phenoxy) is 1. The van der Waals surface area contributed by atoms with Crippen LogP contribution in [0.15, 0.2) is 47.6 Å². The summed E-state index contributed by atoms with van der Waals surface area (Å²) in [5, 5.41) is 5.79. The molecule has 2 aromatic rings. The Bertz CT molecular complexity index is 856. The van der Waals surface area contributed by atoms with E-state index >= 15 is 0 Å². The smallest absolute Gasteiger partial charge is 0.417 e. The molecule has 0 unspecified atom stereocenters. The first-order valence-electron chi connectivity index (χ1n) is 7.75. The Morgan fingerprint density at radius 2 is 2.00 bits per heavy atom. The maximum atomic E-state index is 12.8. The van der Waals surface area contributed by atoms with Gasteiger partial charge in [-0.1, -0.05) is 11.6 Å². The second-order valence-electron chi connectivity index (χ2n) is 5.55. The summed E-state index contributed by atoms with van der Waals surface area (Å²) >= 11 is 5.55. The van der Waals surface area contributed by atoms with Crippen molar-refractivity contribution in [3.8, 4) is 5.75 Å². The second-order valence-corrected chi connectivity index (χ2v) is 5.96. The van der Waals surface area contributed by atoms with Crippen molar-refractivity contribution in [2.24, 2.45) is 5.10 Å². The van der Waals surface area contributed by atoms with E-state index in [0.717, 1.165) is 17.8 Å². The lowest BCUT2D eigenvalue weighted by molar-refractivity contribution is -0.137. The molecule has 2 aromatic carbocycles. The molecule has 0 radical (unpaired) electrons. The number of anilines is 2. The number of carbonyl (C=O) groups is 1. The van der Waals surface area contributed by atoms with Gasteiger partial charge in [0.05, 0.1) is 10.6 Å². The molecule has 0 bridgehead atoms. The third kappa shape index (κ3) is 4.82. The van der Waals surface area contributed by atoms with Crippen molar-refractivity contribution in [3.05, 3.63) is 53.1 Å². The zero-order chi connectivity index (χ0) is 19.4. The Morgan fingerprint density at radius 3 is 2.63 bits per heavy atom. The second kappa shape index (κ2) is 7.75. The maximum Gasteiger partial charge on any atom is 0.417 e. The van der Waals surface area contributed by atoms with Crippen LogP contribution in [0.4, 0.5) is 24.5 Å². The van der Waals surface area contributed by atoms with Crippen molar-refractivity contribution in [2.75, 3.05) is 23.5 Å². The molecule has 0 spiro atoms. The Morgan fingerprint density at radius 1 is 1.26 bits per heavy atom. The standard InChI is InChI=1S/C17H14ClF3N4O2/c18-15-6-1-11(7-14(15)17(19,20)21)24-16(26)8-27-13-4-2-12(3-5-13)25-9-22-23-10-25/h1-7,9,23H,8,10H2,(H,24,26). The van der Waals surface area contributed by atoms with Gasteiger partial charge in [-0.15, -0.1) is 0 Å². The summed E-state index contributed by atoms with van der Waals surface area (Å²) in [6, 6.07) is 10.1. The van der Waals surface area contributed by atoms with Crippen molar-refractivity contribution < 1.29 is 22.7 Å². The summed E-state index contributed by atoms with van der Waals surface area (Å²) in [7, 11) is 0. The van der Waals surface area contributed by atoms with Gasteiger partial charge in [0.2, 0.25) is 0 Å². The van der Waals surface area contributed by atoms with Crippen molar-refractivity contribution in [1.82, 2.24) is 5.43 Å². The number of halogens is 4. The number of alkyl halides is 3. The topological polar surface area (TPSA) is 66.0 Å². The molecule has 0 aliphatic carbocycles. The first-order chi connectivity index (χ1) is 12.8.